The van der Waals surface area contributed by atoms with Crippen LogP contribution < -0.4 is 0 Å². The number of rotatable bonds is 4. The van der Waals surface area contributed by atoms with Gasteiger partial charge in [0.1, 0.15) is 11.0 Å². The van der Waals surface area contributed by atoms with Gasteiger partial charge < -0.3 is 0 Å². The molecule has 4 heteroatoms. The Morgan fingerprint density at radius 1 is 1.12 bits per heavy atom. The second-order valence-electron chi connectivity index (χ2n) is 4.97. The van der Waals surface area contributed by atoms with Crippen LogP contribution in [0.5, 0.6) is 0 Å². The number of nitrogens with one attached hydrogen (secondary N) is 1. The molecule has 1 N–H and O–H groups in total. The van der Waals surface area contributed by atoms with Crippen molar-refractivity contribution in [2.24, 2.45) is 0 Å². The van der Waals surface area contributed by atoms with Crippen LogP contribution in [-0.2, 0) is 6.54 Å². The molecule has 1 aromatic heterocycles. The van der Waals surface area contributed by atoms with Gasteiger partial charge in [-0.05, 0) is 39.3 Å². The molecule has 0 aliphatic carbocycles. The average molecular weight is 232 g/mol. The van der Waals surface area contributed by atoms with Crippen molar-refractivity contribution in [3.8, 4) is 0 Å². The Morgan fingerprint density at radius 2 is 1.82 bits per heavy atom. The Bertz CT molecular complexity index is 479. The molecule has 0 fully saturated rings. The van der Waals surface area contributed by atoms with E-state index < -0.39 is 0 Å². The molecule has 4 nitrogen and oxygen atoms in total. The van der Waals surface area contributed by atoms with Crippen LogP contribution >= 0.6 is 0 Å². The highest BCUT2D eigenvalue weighted by molar-refractivity contribution is 5.77. The molecule has 0 spiro atoms. The first-order valence-electron chi connectivity index (χ1n) is 6.13. The molecular formula is C13H20N4. The summed E-state index contributed by atoms with van der Waals surface area (Å²) in [4.78, 5) is 2.45. The number of hydrogen-bond acceptors (Lipinski definition) is 3. The molecule has 2 aromatic rings. The highest BCUT2D eigenvalue weighted by Gasteiger charge is 2.15. The van der Waals surface area contributed by atoms with Crippen LogP contribution in [0.15, 0.2) is 18.2 Å². The third-order valence-corrected chi connectivity index (χ3v) is 3.11. The second-order valence-corrected chi connectivity index (χ2v) is 4.97. The third kappa shape index (κ3) is 2.47. The molecule has 0 aliphatic heterocycles. The smallest absolute Gasteiger partial charge is 0.117 e. The molecule has 0 radical (unpaired) electrons. The van der Waals surface area contributed by atoms with Crippen LogP contribution in [0.4, 0.5) is 0 Å². The molecule has 0 aliphatic rings. The zero-order chi connectivity index (χ0) is 12.4. The Balaban J connectivity index is 2.31. The van der Waals surface area contributed by atoms with Gasteiger partial charge in [-0.3, -0.25) is 4.90 Å². The van der Waals surface area contributed by atoms with E-state index in [-0.39, 0.29) is 0 Å². The molecule has 2 rings (SSSR count). The van der Waals surface area contributed by atoms with E-state index in [9.17, 15) is 0 Å². The minimum atomic E-state index is 0.525. The van der Waals surface area contributed by atoms with E-state index in [4.69, 9.17) is 0 Å². The van der Waals surface area contributed by atoms with E-state index in [1.807, 2.05) is 12.1 Å². The summed E-state index contributed by atoms with van der Waals surface area (Å²) >= 11 is 0. The lowest BCUT2D eigenvalue weighted by Crippen LogP contribution is -2.36. The molecule has 0 amide bonds. The lowest BCUT2D eigenvalue weighted by atomic mass is 10.1. The van der Waals surface area contributed by atoms with Gasteiger partial charge in [-0.25, -0.2) is 0 Å². The van der Waals surface area contributed by atoms with Gasteiger partial charge in [-0.15, -0.1) is 0 Å². The third-order valence-electron chi connectivity index (χ3n) is 3.11. The van der Waals surface area contributed by atoms with E-state index in [1.165, 1.54) is 5.56 Å². The van der Waals surface area contributed by atoms with Crippen molar-refractivity contribution >= 4 is 11.0 Å². The normalized spacial score (nSPS) is 12.2. The molecule has 1 aromatic carbocycles. The highest BCUT2D eigenvalue weighted by Crippen LogP contribution is 2.18. The van der Waals surface area contributed by atoms with Crippen molar-refractivity contribution < 1.29 is 0 Å². The molecule has 0 unspecified atom stereocenters. The van der Waals surface area contributed by atoms with Gasteiger partial charge in [-0.1, -0.05) is 12.1 Å². The summed E-state index contributed by atoms with van der Waals surface area (Å²) in [5.41, 5.74) is 3.16. The molecule has 1 heterocycles. The van der Waals surface area contributed by atoms with Crippen LogP contribution in [0.1, 0.15) is 33.3 Å². The van der Waals surface area contributed by atoms with Crippen LogP contribution in [0.2, 0.25) is 0 Å². The monoisotopic (exact) mass is 232 g/mol. The SMILES string of the molecule is CC(C)N(Cc1cccc2n[nH]nc12)C(C)C. The number of hydrogen-bond donors (Lipinski definition) is 1. The zero-order valence-corrected chi connectivity index (χ0v) is 10.9. The van der Waals surface area contributed by atoms with E-state index in [0.29, 0.717) is 12.1 Å². The lowest BCUT2D eigenvalue weighted by molar-refractivity contribution is 0.166. The fourth-order valence-electron chi connectivity index (χ4n) is 2.21. The maximum Gasteiger partial charge on any atom is 0.117 e. The van der Waals surface area contributed by atoms with E-state index in [1.54, 1.807) is 0 Å². The number of para-hydroxylation sites is 1. The summed E-state index contributed by atoms with van der Waals surface area (Å²) in [7, 11) is 0. The Hall–Kier alpha value is -1.42. The van der Waals surface area contributed by atoms with Crippen LogP contribution in [-0.4, -0.2) is 32.4 Å². The fraction of sp³-hybridized carbons (Fsp3) is 0.538. The number of H-pyrrole nitrogens is 1. The summed E-state index contributed by atoms with van der Waals surface area (Å²) in [5.74, 6) is 0. The maximum atomic E-state index is 4.23. The van der Waals surface area contributed by atoms with Crippen molar-refractivity contribution in [2.75, 3.05) is 0 Å². The van der Waals surface area contributed by atoms with Gasteiger partial charge in [0, 0.05) is 18.6 Å². The van der Waals surface area contributed by atoms with Gasteiger partial charge in [0.05, 0.1) is 0 Å². The molecule has 0 saturated heterocycles. The molecule has 0 atom stereocenters. The molecular weight excluding hydrogens is 212 g/mol. The number of aromatic nitrogens is 3. The molecule has 0 saturated carbocycles. The maximum absolute atomic E-state index is 4.23. The van der Waals surface area contributed by atoms with Gasteiger partial charge in [0.2, 0.25) is 0 Å². The summed E-state index contributed by atoms with van der Waals surface area (Å²) in [6.07, 6.45) is 0. The predicted molar refractivity (Wildman–Crippen MR) is 69.7 cm³/mol. The molecule has 17 heavy (non-hydrogen) atoms. The summed E-state index contributed by atoms with van der Waals surface area (Å²) in [6.45, 7) is 9.82. The van der Waals surface area contributed by atoms with Crippen molar-refractivity contribution in [3.05, 3.63) is 23.8 Å². The number of fused-ring (bicyclic) bond motifs is 1. The van der Waals surface area contributed by atoms with Crippen molar-refractivity contribution in [2.45, 2.75) is 46.3 Å². The minimum Gasteiger partial charge on any atom is -0.294 e. The van der Waals surface area contributed by atoms with Crippen LogP contribution in [0.25, 0.3) is 11.0 Å². The van der Waals surface area contributed by atoms with Gasteiger partial charge in [0.25, 0.3) is 0 Å². The highest BCUT2D eigenvalue weighted by atomic mass is 15.3. The Labute approximate surface area is 102 Å². The first-order chi connectivity index (χ1) is 8.09. The first kappa shape index (κ1) is 12.0. The lowest BCUT2D eigenvalue weighted by Gasteiger charge is -2.30. The standard InChI is InChI=1S/C13H20N4/c1-9(2)17(10(3)4)8-11-6-5-7-12-13(11)15-16-14-12/h5-7,9-10H,8H2,1-4H3,(H,14,15,16). The van der Waals surface area contributed by atoms with Crippen molar-refractivity contribution in [1.29, 1.82) is 0 Å². The molecule has 92 valence electrons. The van der Waals surface area contributed by atoms with Crippen molar-refractivity contribution in [3.63, 3.8) is 0 Å². The predicted octanol–water partition coefficient (Wildman–Crippen LogP) is 2.58. The number of nitrogens with zero attached hydrogens (tertiary/aromatic N) is 3. The average Bonchev–Trinajstić information content (AvgIpc) is 2.73. The zero-order valence-electron chi connectivity index (χ0n) is 10.9. The molecule has 0 bridgehead atoms. The summed E-state index contributed by atoms with van der Waals surface area (Å²) < 4.78 is 0. The van der Waals surface area contributed by atoms with E-state index >= 15 is 0 Å². The topological polar surface area (TPSA) is 44.8 Å². The first-order valence-corrected chi connectivity index (χ1v) is 6.13. The van der Waals surface area contributed by atoms with Crippen LogP contribution in [0.3, 0.4) is 0 Å². The summed E-state index contributed by atoms with van der Waals surface area (Å²) in [6, 6.07) is 7.20. The number of aromatic amines is 1. The van der Waals surface area contributed by atoms with Gasteiger partial charge in [0.15, 0.2) is 0 Å². The summed E-state index contributed by atoms with van der Waals surface area (Å²) in [5, 5.41) is 11.0. The Morgan fingerprint density at radius 3 is 2.47 bits per heavy atom. The minimum absolute atomic E-state index is 0.525. The largest absolute Gasteiger partial charge is 0.294 e. The van der Waals surface area contributed by atoms with E-state index in [2.05, 4.69) is 54.1 Å². The Kier molecular flexibility index (Phi) is 3.43. The van der Waals surface area contributed by atoms with E-state index in [0.717, 1.165) is 17.6 Å². The van der Waals surface area contributed by atoms with Gasteiger partial charge >= 0.3 is 0 Å². The second kappa shape index (κ2) is 4.84. The fourth-order valence-corrected chi connectivity index (χ4v) is 2.21. The van der Waals surface area contributed by atoms with Crippen LogP contribution in [0, 0.1) is 0 Å². The van der Waals surface area contributed by atoms with Gasteiger partial charge in [-0.2, -0.15) is 15.4 Å². The number of benzene rings is 1. The quantitative estimate of drug-likeness (QED) is 0.881. The van der Waals surface area contributed by atoms with Crippen molar-refractivity contribution in [1.82, 2.24) is 20.3 Å².